The van der Waals surface area contributed by atoms with Crippen LogP contribution in [-0.4, -0.2) is 21.6 Å². The molecule has 7 heteroatoms. The number of hydrogen-bond donors (Lipinski definition) is 3. The summed E-state index contributed by atoms with van der Waals surface area (Å²) in [5.41, 5.74) is 7.39. The van der Waals surface area contributed by atoms with Gasteiger partial charge in [-0.3, -0.25) is 4.79 Å². The molecule has 23 heavy (non-hydrogen) atoms. The summed E-state index contributed by atoms with van der Waals surface area (Å²) in [6, 6.07) is 7.22. The molecule has 1 amide bonds. The number of hydrogen-bond acceptors (Lipinski definition) is 5. The van der Waals surface area contributed by atoms with Gasteiger partial charge in [0.05, 0.1) is 5.71 Å². The topological polar surface area (TPSA) is 105 Å². The van der Waals surface area contributed by atoms with E-state index in [0.29, 0.717) is 22.7 Å². The second-order valence-electron chi connectivity index (χ2n) is 4.88. The van der Waals surface area contributed by atoms with E-state index < -0.39 is 0 Å². The first-order valence-corrected chi connectivity index (χ1v) is 7.21. The second-order valence-corrected chi connectivity index (χ2v) is 5.32. The van der Waals surface area contributed by atoms with Gasteiger partial charge in [0.1, 0.15) is 0 Å². The normalized spacial score (nSPS) is 11.1. The minimum atomic E-state index is -0.249. The maximum absolute atomic E-state index is 12.1. The number of benzene rings is 1. The number of allylic oxidation sites excluding steroid dienone is 1. The number of rotatable bonds is 5. The number of anilines is 1. The van der Waals surface area contributed by atoms with Crippen molar-refractivity contribution in [3.63, 3.8) is 0 Å². The highest BCUT2D eigenvalue weighted by molar-refractivity contribution is 6.30. The van der Waals surface area contributed by atoms with Gasteiger partial charge in [-0.2, -0.15) is 0 Å². The molecule has 0 bridgehead atoms. The highest BCUT2D eigenvalue weighted by Gasteiger charge is 2.07. The van der Waals surface area contributed by atoms with Gasteiger partial charge in [-0.05, 0) is 30.7 Å². The average molecular weight is 330 g/mol. The second kappa shape index (κ2) is 7.51. The lowest BCUT2D eigenvalue weighted by Gasteiger charge is -2.06. The Morgan fingerprint density at radius 1 is 1.30 bits per heavy atom. The van der Waals surface area contributed by atoms with Gasteiger partial charge in [0, 0.05) is 35.1 Å². The third-order valence-corrected chi connectivity index (χ3v) is 3.32. The molecule has 0 atom stereocenters. The van der Waals surface area contributed by atoms with Gasteiger partial charge in [0.15, 0.2) is 0 Å². The number of halogens is 1. The zero-order chi connectivity index (χ0) is 16.8. The van der Waals surface area contributed by atoms with Crippen LogP contribution < -0.4 is 11.1 Å². The zero-order valence-electron chi connectivity index (χ0n) is 12.5. The third kappa shape index (κ3) is 4.89. The average Bonchev–Trinajstić information content (AvgIpc) is 2.54. The Morgan fingerprint density at radius 3 is 2.52 bits per heavy atom. The van der Waals surface area contributed by atoms with E-state index in [9.17, 15) is 4.79 Å². The first kappa shape index (κ1) is 16.6. The van der Waals surface area contributed by atoms with Crippen molar-refractivity contribution in [1.82, 2.24) is 15.3 Å². The summed E-state index contributed by atoms with van der Waals surface area (Å²) in [4.78, 5) is 19.7. The lowest BCUT2D eigenvalue weighted by molar-refractivity contribution is -0.117. The van der Waals surface area contributed by atoms with Crippen molar-refractivity contribution in [2.45, 2.75) is 13.5 Å². The summed E-state index contributed by atoms with van der Waals surface area (Å²) in [6.45, 7) is 2.03. The number of carbonyl (C=O) groups is 1. The standard InChI is InChI=1S/C16H16ClN5O/c1-10(6-14(18)12-8-21-16(19)22-9-12)15(23)20-7-11-2-4-13(17)5-3-11/h2-6,8-9,18H,7H2,1H3,(H,20,23)(H2,19,21,22)/b10-6-,18-14?. The highest BCUT2D eigenvalue weighted by atomic mass is 35.5. The molecule has 118 valence electrons. The van der Waals surface area contributed by atoms with Gasteiger partial charge in [-0.15, -0.1) is 0 Å². The fourth-order valence-electron chi connectivity index (χ4n) is 1.77. The van der Waals surface area contributed by atoms with E-state index in [1.165, 1.54) is 18.5 Å². The van der Waals surface area contributed by atoms with E-state index in [4.69, 9.17) is 22.7 Å². The molecule has 0 fully saturated rings. The number of carbonyl (C=O) groups excluding carboxylic acids is 1. The minimum Gasteiger partial charge on any atom is -0.368 e. The summed E-state index contributed by atoms with van der Waals surface area (Å²) in [5, 5.41) is 11.4. The number of nitrogens with two attached hydrogens (primary N) is 1. The van der Waals surface area contributed by atoms with E-state index in [-0.39, 0.29) is 17.6 Å². The minimum absolute atomic E-state index is 0.142. The number of nitrogen functional groups attached to an aromatic ring is 1. The van der Waals surface area contributed by atoms with Crippen molar-refractivity contribution in [2.75, 3.05) is 5.73 Å². The Balaban J connectivity index is 1.96. The molecule has 0 aliphatic rings. The smallest absolute Gasteiger partial charge is 0.247 e. The first-order valence-electron chi connectivity index (χ1n) is 6.83. The Hall–Kier alpha value is -2.73. The predicted molar refractivity (Wildman–Crippen MR) is 90.3 cm³/mol. The Kier molecular flexibility index (Phi) is 5.43. The molecular weight excluding hydrogens is 314 g/mol. The highest BCUT2D eigenvalue weighted by Crippen LogP contribution is 2.09. The van der Waals surface area contributed by atoms with Gasteiger partial charge in [-0.25, -0.2) is 9.97 Å². The molecule has 1 heterocycles. The van der Waals surface area contributed by atoms with Crippen LogP contribution in [0.25, 0.3) is 0 Å². The van der Waals surface area contributed by atoms with Crippen molar-refractivity contribution >= 4 is 29.2 Å². The van der Waals surface area contributed by atoms with Gasteiger partial charge >= 0.3 is 0 Å². The van der Waals surface area contributed by atoms with Crippen LogP contribution in [0.5, 0.6) is 0 Å². The summed E-state index contributed by atoms with van der Waals surface area (Å²) >= 11 is 5.81. The van der Waals surface area contributed by atoms with Crippen LogP contribution in [0, 0.1) is 5.41 Å². The molecule has 0 spiro atoms. The summed E-state index contributed by atoms with van der Waals surface area (Å²) < 4.78 is 0. The van der Waals surface area contributed by atoms with E-state index in [1.54, 1.807) is 19.1 Å². The van der Waals surface area contributed by atoms with Crippen molar-refractivity contribution in [3.05, 3.63) is 64.5 Å². The van der Waals surface area contributed by atoms with Crippen LogP contribution in [0.2, 0.25) is 5.02 Å². The molecule has 2 rings (SSSR count). The number of nitrogens with one attached hydrogen (secondary N) is 2. The van der Waals surface area contributed by atoms with Gasteiger partial charge < -0.3 is 16.5 Å². The van der Waals surface area contributed by atoms with Crippen molar-refractivity contribution in [1.29, 1.82) is 5.41 Å². The monoisotopic (exact) mass is 329 g/mol. The summed E-state index contributed by atoms with van der Waals surface area (Å²) in [5.74, 6) is -0.107. The van der Waals surface area contributed by atoms with Crippen LogP contribution in [-0.2, 0) is 11.3 Å². The molecule has 0 radical (unpaired) electrons. The molecule has 0 aliphatic heterocycles. The van der Waals surface area contributed by atoms with E-state index >= 15 is 0 Å². The first-order chi connectivity index (χ1) is 11.0. The Morgan fingerprint density at radius 2 is 1.91 bits per heavy atom. The molecule has 0 saturated heterocycles. The molecule has 0 unspecified atom stereocenters. The molecule has 0 aliphatic carbocycles. The Labute approximate surface area is 138 Å². The molecular formula is C16H16ClN5O. The third-order valence-electron chi connectivity index (χ3n) is 3.07. The zero-order valence-corrected chi connectivity index (χ0v) is 13.3. The van der Waals surface area contributed by atoms with Crippen molar-refractivity contribution < 1.29 is 4.79 Å². The maximum Gasteiger partial charge on any atom is 0.247 e. The molecule has 1 aromatic heterocycles. The van der Waals surface area contributed by atoms with E-state index in [1.807, 2.05) is 12.1 Å². The number of nitrogens with zero attached hydrogens (tertiary/aromatic N) is 2. The predicted octanol–water partition coefficient (Wildman–Crippen LogP) is 2.34. The SMILES string of the molecule is C/C(=C/C(=N)c1cnc(N)nc1)C(=O)NCc1ccc(Cl)cc1. The van der Waals surface area contributed by atoms with Crippen LogP contribution >= 0.6 is 11.6 Å². The van der Waals surface area contributed by atoms with Crippen LogP contribution in [0.4, 0.5) is 5.95 Å². The molecule has 2 aromatic rings. The lowest BCUT2D eigenvalue weighted by atomic mass is 10.1. The molecule has 0 saturated carbocycles. The summed E-state index contributed by atoms with van der Waals surface area (Å²) in [6.07, 6.45) is 4.35. The van der Waals surface area contributed by atoms with Crippen LogP contribution in [0.1, 0.15) is 18.1 Å². The fourth-order valence-corrected chi connectivity index (χ4v) is 1.89. The maximum atomic E-state index is 12.1. The quantitative estimate of drug-likeness (QED) is 0.578. The van der Waals surface area contributed by atoms with E-state index in [2.05, 4.69) is 15.3 Å². The fraction of sp³-hybridized carbons (Fsp3) is 0.125. The van der Waals surface area contributed by atoms with Gasteiger partial charge in [0.2, 0.25) is 11.9 Å². The molecule has 6 nitrogen and oxygen atoms in total. The van der Waals surface area contributed by atoms with Crippen LogP contribution in [0.15, 0.2) is 48.3 Å². The van der Waals surface area contributed by atoms with Crippen LogP contribution in [0.3, 0.4) is 0 Å². The number of amides is 1. The Bertz CT molecular complexity index is 738. The summed E-state index contributed by atoms with van der Waals surface area (Å²) in [7, 11) is 0. The van der Waals surface area contributed by atoms with E-state index in [0.717, 1.165) is 5.56 Å². The van der Waals surface area contributed by atoms with Crippen molar-refractivity contribution in [3.8, 4) is 0 Å². The van der Waals surface area contributed by atoms with Crippen molar-refractivity contribution in [2.24, 2.45) is 0 Å². The van der Waals surface area contributed by atoms with Gasteiger partial charge in [0.25, 0.3) is 0 Å². The van der Waals surface area contributed by atoms with Gasteiger partial charge in [-0.1, -0.05) is 23.7 Å². The molecule has 4 N–H and O–H groups in total. The lowest BCUT2D eigenvalue weighted by Crippen LogP contribution is -2.24. The molecule has 1 aromatic carbocycles. The number of aromatic nitrogens is 2. The largest absolute Gasteiger partial charge is 0.368 e.